The molecule has 104 valence electrons. The summed E-state index contributed by atoms with van der Waals surface area (Å²) in [6.07, 6.45) is 0. The molecule has 0 aliphatic heterocycles. The van der Waals surface area contributed by atoms with E-state index in [1.807, 2.05) is 6.07 Å². The maximum Gasteiger partial charge on any atom is 0.270 e. The number of nitriles is 1. The topological polar surface area (TPSA) is 84.0 Å². The van der Waals surface area contributed by atoms with Crippen molar-refractivity contribution in [1.29, 1.82) is 5.26 Å². The molecule has 0 fully saturated rings. The number of carbonyl (C=O) groups excluding carboxylic acids is 1. The Morgan fingerprint density at radius 1 is 1.24 bits per heavy atom. The van der Waals surface area contributed by atoms with Crippen LogP contribution in [0.3, 0.4) is 0 Å². The minimum absolute atomic E-state index is 0.145. The van der Waals surface area contributed by atoms with Crippen LogP contribution in [0.4, 0.5) is 5.69 Å². The molecular formula is C15H9BrN2O3. The quantitative estimate of drug-likeness (QED) is 0.479. The first-order valence-corrected chi connectivity index (χ1v) is 6.76. The molecule has 0 N–H and O–H groups in total. The van der Waals surface area contributed by atoms with Crippen LogP contribution in [0.2, 0.25) is 0 Å². The van der Waals surface area contributed by atoms with Crippen LogP contribution in [-0.2, 0) is 0 Å². The zero-order chi connectivity index (χ0) is 15.4. The van der Waals surface area contributed by atoms with Gasteiger partial charge in [-0.25, -0.2) is 0 Å². The predicted octanol–water partition coefficient (Wildman–Crippen LogP) is 3.85. The molecule has 21 heavy (non-hydrogen) atoms. The summed E-state index contributed by atoms with van der Waals surface area (Å²) in [5.74, 6) is -1.48. The fourth-order valence-electron chi connectivity index (χ4n) is 1.92. The fraction of sp³-hybridized carbons (Fsp3) is 0.0667. The molecule has 0 aliphatic carbocycles. The van der Waals surface area contributed by atoms with Gasteiger partial charge in [0.25, 0.3) is 5.69 Å². The summed E-state index contributed by atoms with van der Waals surface area (Å²) in [7, 11) is 0. The van der Waals surface area contributed by atoms with Crippen LogP contribution in [0.25, 0.3) is 0 Å². The highest BCUT2D eigenvalue weighted by Crippen LogP contribution is 2.28. The van der Waals surface area contributed by atoms with E-state index in [4.69, 9.17) is 0 Å². The van der Waals surface area contributed by atoms with Crippen LogP contribution in [-0.4, -0.2) is 10.7 Å². The molecule has 1 unspecified atom stereocenters. The number of hydrogen-bond donors (Lipinski definition) is 0. The zero-order valence-corrected chi connectivity index (χ0v) is 12.3. The summed E-state index contributed by atoms with van der Waals surface area (Å²) in [5, 5.41) is 20.0. The first-order valence-electron chi connectivity index (χ1n) is 5.97. The number of nitro benzene ring substituents is 1. The highest BCUT2D eigenvalue weighted by molar-refractivity contribution is 9.10. The van der Waals surface area contributed by atoms with Crippen LogP contribution < -0.4 is 0 Å². The number of halogens is 1. The van der Waals surface area contributed by atoms with E-state index in [0.717, 1.165) is 0 Å². The van der Waals surface area contributed by atoms with Crippen LogP contribution >= 0.6 is 15.9 Å². The van der Waals surface area contributed by atoms with Crippen molar-refractivity contribution >= 4 is 27.4 Å². The van der Waals surface area contributed by atoms with E-state index < -0.39 is 16.6 Å². The van der Waals surface area contributed by atoms with Gasteiger partial charge in [-0.1, -0.05) is 46.3 Å². The van der Waals surface area contributed by atoms with E-state index in [1.165, 1.54) is 24.3 Å². The molecule has 0 radical (unpaired) electrons. The predicted molar refractivity (Wildman–Crippen MR) is 79.9 cm³/mol. The maximum atomic E-state index is 12.4. The van der Waals surface area contributed by atoms with Crippen molar-refractivity contribution in [1.82, 2.24) is 0 Å². The molecule has 0 spiro atoms. The molecule has 0 heterocycles. The number of nitrogens with zero attached hydrogens (tertiary/aromatic N) is 2. The van der Waals surface area contributed by atoms with Gasteiger partial charge in [0.1, 0.15) is 5.92 Å². The van der Waals surface area contributed by atoms with Gasteiger partial charge in [0.05, 0.1) is 11.0 Å². The van der Waals surface area contributed by atoms with Crippen molar-refractivity contribution in [3.8, 4) is 6.07 Å². The number of ketones is 1. The molecule has 2 aromatic rings. The lowest BCUT2D eigenvalue weighted by Crippen LogP contribution is -2.12. The zero-order valence-electron chi connectivity index (χ0n) is 10.7. The lowest BCUT2D eigenvalue weighted by atomic mass is 9.92. The first-order chi connectivity index (χ1) is 10.0. The van der Waals surface area contributed by atoms with Gasteiger partial charge in [-0.15, -0.1) is 0 Å². The third-order valence-electron chi connectivity index (χ3n) is 2.95. The SMILES string of the molecule is N#CC(C(=O)c1cccc([N+](=O)[O-])c1)c1ccccc1Br. The van der Waals surface area contributed by atoms with Gasteiger partial charge >= 0.3 is 0 Å². The molecule has 0 bridgehead atoms. The number of carbonyl (C=O) groups is 1. The fourth-order valence-corrected chi connectivity index (χ4v) is 2.43. The minimum Gasteiger partial charge on any atom is -0.292 e. The molecule has 0 aromatic heterocycles. The van der Waals surface area contributed by atoms with Crippen LogP contribution in [0.1, 0.15) is 21.8 Å². The summed E-state index contributed by atoms with van der Waals surface area (Å²) < 4.78 is 0.648. The Balaban J connectivity index is 2.43. The monoisotopic (exact) mass is 344 g/mol. The van der Waals surface area contributed by atoms with Crippen LogP contribution in [0.5, 0.6) is 0 Å². The summed E-state index contributed by atoms with van der Waals surface area (Å²) in [5.41, 5.74) is 0.507. The Morgan fingerprint density at radius 3 is 2.57 bits per heavy atom. The van der Waals surface area contributed by atoms with Gasteiger partial charge in [0.15, 0.2) is 5.78 Å². The third-order valence-corrected chi connectivity index (χ3v) is 3.67. The number of Topliss-reactive ketones (excluding diaryl/α,β-unsaturated/α-hetero) is 1. The molecule has 0 saturated heterocycles. The summed E-state index contributed by atoms with van der Waals surface area (Å²) in [4.78, 5) is 22.6. The average Bonchev–Trinajstić information content (AvgIpc) is 2.50. The summed E-state index contributed by atoms with van der Waals surface area (Å²) >= 11 is 3.30. The molecule has 2 aromatic carbocycles. The average molecular weight is 345 g/mol. The van der Waals surface area contributed by atoms with Crippen molar-refractivity contribution in [2.24, 2.45) is 0 Å². The maximum absolute atomic E-state index is 12.4. The van der Waals surface area contributed by atoms with E-state index in [9.17, 15) is 20.2 Å². The van der Waals surface area contributed by atoms with Crippen molar-refractivity contribution < 1.29 is 9.72 Å². The molecule has 1 atom stereocenters. The Bertz CT molecular complexity index is 753. The first kappa shape index (κ1) is 14.9. The second-order valence-electron chi connectivity index (χ2n) is 4.26. The number of non-ortho nitro benzene ring substituents is 1. The summed E-state index contributed by atoms with van der Waals surface area (Å²) in [6.45, 7) is 0. The van der Waals surface area contributed by atoms with Gasteiger partial charge in [-0.3, -0.25) is 14.9 Å². The largest absolute Gasteiger partial charge is 0.292 e. The Kier molecular flexibility index (Phi) is 4.45. The number of hydrogen-bond acceptors (Lipinski definition) is 4. The molecule has 6 heteroatoms. The van der Waals surface area contributed by atoms with Crippen molar-refractivity contribution in [2.45, 2.75) is 5.92 Å². The van der Waals surface area contributed by atoms with Crippen molar-refractivity contribution in [2.75, 3.05) is 0 Å². The van der Waals surface area contributed by atoms with Crippen LogP contribution in [0.15, 0.2) is 53.0 Å². The molecule has 0 amide bonds. The molecular weight excluding hydrogens is 336 g/mol. The Labute approximate surface area is 129 Å². The van der Waals surface area contributed by atoms with Gasteiger partial charge in [-0.05, 0) is 11.6 Å². The Hall–Kier alpha value is -2.52. The number of rotatable bonds is 4. The van der Waals surface area contributed by atoms with Gasteiger partial charge in [-0.2, -0.15) is 5.26 Å². The van der Waals surface area contributed by atoms with E-state index in [1.54, 1.807) is 24.3 Å². The van der Waals surface area contributed by atoms with E-state index in [0.29, 0.717) is 10.0 Å². The van der Waals surface area contributed by atoms with E-state index >= 15 is 0 Å². The number of nitro groups is 1. The third kappa shape index (κ3) is 3.15. The second kappa shape index (κ2) is 6.29. The van der Waals surface area contributed by atoms with Gasteiger partial charge < -0.3 is 0 Å². The van der Waals surface area contributed by atoms with Crippen LogP contribution in [0, 0.1) is 21.4 Å². The second-order valence-corrected chi connectivity index (χ2v) is 5.11. The lowest BCUT2D eigenvalue weighted by molar-refractivity contribution is -0.384. The van der Waals surface area contributed by atoms with Crippen molar-refractivity contribution in [3.05, 3.63) is 74.2 Å². The summed E-state index contributed by atoms with van der Waals surface area (Å²) in [6, 6.07) is 14.3. The smallest absolute Gasteiger partial charge is 0.270 e. The van der Waals surface area contributed by atoms with E-state index in [2.05, 4.69) is 15.9 Å². The number of benzene rings is 2. The molecule has 5 nitrogen and oxygen atoms in total. The Morgan fingerprint density at radius 2 is 1.95 bits per heavy atom. The van der Waals surface area contributed by atoms with E-state index in [-0.39, 0.29) is 11.3 Å². The highest BCUT2D eigenvalue weighted by atomic mass is 79.9. The van der Waals surface area contributed by atoms with Gasteiger partial charge in [0, 0.05) is 22.2 Å². The van der Waals surface area contributed by atoms with Crippen molar-refractivity contribution in [3.63, 3.8) is 0 Å². The standard InChI is InChI=1S/C15H9BrN2O3/c16-14-7-2-1-6-12(14)13(9-17)15(19)10-4-3-5-11(8-10)18(20)21/h1-8,13H. The molecule has 0 saturated carbocycles. The molecule has 0 aliphatic rings. The lowest BCUT2D eigenvalue weighted by Gasteiger charge is -2.10. The molecule has 2 rings (SSSR count). The normalized spacial score (nSPS) is 11.4. The minimum atomic E-state index is -1.01. The van der Waals surface area contributed by atoms with Gasteiger partial charge in [0.2, 0.25) is 0 Å². The highest BCUT2D eigenvalue weighted by Gasteiger charge is 2.24.